The molecule has 2 saturated heterocycles. The molecule has 0 amide bonds. The fourth-order valence-corrected chi connectivity index (χ4v) is 3.28. The van der Waals surface area contributed by atoms with Crippen molar-refractivity contribution in [1.29, 1.82) is 0 Å². The SMILES string of the molecule is FC(F)Oc1ccc(-n2nnnc2CN2CC3OCCCC32)cc1. The molecule has 0 bridgehead atoms. The van der Waals surface area contributed by atoms with E-state index >= 15 is 0 Å². The maximum atomic E-state index is 12.2. The summed E-state index contributed by atoms with van der Waals surface area (Å²) in [7, 11) is 0. The van der Waals surface area contributed by atoms with Gasteiger partial charge in [-0.2, -0.15) is 13.5 Å². The normalized spacial score (nSPS) is 23.8. The van der Waals surface area contributed by atoms with Crippen LogP contribution >= 0.6 is 0 Å². The lowest BCUT2D eigenvalue weighted by molar-refractivity contribution is -0.137. The van der Waals surface area contributed by atoms with Crippen molar-refractivity contribution in [3.8, 4) is 11.4 Å². The summed E-state index contributed by atoms with van der Waals surface area (Å²) >= 11 is 0. The first-order chi connectivity index (χ1) is 11.7. The van der Waals surface area contributed by atoms with Gasteiger partial charge in [0.25, 0.3) is 0 Å². The second-order valence-corrected chi connectivity index (χ2v) is 5.93. The number of aromatic nitrogens is 4. The molecule has 2 aromatic rings. The van der Waals surface area contributed by atoms with Gasteiger partial charge in [0.1, 0.15) is 5.75 Å². The van der Waals surface area contributed by atoms with E-state index in [1.807, 2.05) is 0 Å². The van der Waals surface area contributed by atoms with E-state index in [1.54, 1.807) is 16.8 Å². The number of likely N-dealkylation sites (tertiary alicyclic amines) is 1. The van der Waals surface area contributed by atoms with E-state index < -0.39 is 6.61 Å². The number of ether oxygens (including phenoxy) is 2. The fourth-order valence-electron chi connectivity index (χ4n) is 3.28. The Labute approximate surface area is 137 Å². The Bertz CT molecular complexity index is 693. The van der Waals surface area contributed by atoms with E-state index in [1.165, 1.54) is 12.1 Å². The Kier molecular flexibility index (Phi) is 4.11. The van der Waals surface area contributed by atoms with Crippen molar-refractivity contribution >= 4 is 0 Å². The zero-order valence-electron chi connectivity index (χ0n) is 12.9. The van der Waals surface area contributed by atoms with Gasteiger partial charge in [0.05, 0.1) is 18.3 Å². The van der Waals surface area contributed by atoms with Gasteiger partial charge >= 0.3 is 6.61 Å². The molecule has 7 nitrogen and oxygen atoms in total. The number of fused-ring (bicyclic) bond motifs is 1. The highest BCUT2D eigenvalue weighted by Crippen LogP contribution is 2.30. The Hall–Kier alpha value is -2.13. The molecule has 3 heterocycles. The molecular weight excluding hydrogens is 320 g/mol. The Balaban J connectivity index is 1.46. The van der Waals surface area contributed by atoms with Crippen LogP contribution in [0.4, 0.5) is 8.78 Å². The average molecular weight is 337 g/mol. The molecule has 0 N–H and O–H groups in total. The van der Waals surface area contributed by atoms with Crippen molar-refractivity contribution < 1.29 is 18.3 Å². The van der Waals surface area contributed by atoms with Crippen LogP contribution in [0.2, 0.25) is 0 Å². The van der Waals surface area contributed by atoms with Gasteiger partial charge in [0, 0.05) is 19.2 Å². The molecule has 128 valence electrons. The summed E-state index contributed by atoms with van der Waals surface area (Å²) in [5.74, 6) is 0.815. The number of halogens is 2. The number of benzene rings is 1. The molecule has 0 radical (unpaired) electrons. The number of tetrazole rings is 1. The highest BCUT2D eigenvalue weighted by Gasteiger charge is 2.41. The number of nitrogens with zero attached hydrogens (tertiary/aromatic N) is 5. The van der Waals surface area contributed by atoms with E-state index in [0.717, 1.165) is 26.0 Å². The van der Waals surface area contributed by atoms with Crippen LogP contribution in [0.3, 0.4) is 0 Å². The summed E-state index contributed by atoms with van der Waals surface area (Å²) in [6, 6.07) is 6.69. The van der Waals surface area contributed by atoms with Gasteiger partial charge in [-0.3, -0.25) is 4.90 Å². The van der Waals surface area contributed by atoms with E-state index in [4.69, 9.17) is 4.74 Å². The van der Waals surface area contributed by atoms with Crippen LogP contribution in [0.25, 0.3) is 5.69 Å². The first-order valence-corrected chi connectivity index (χ1v) is 7.89. The molecule has 0 spiro atoms. The molecule has 1 aromatic carbocycles. The third kappa shape index (κ3) is 2.96. The van der Waals surface area contributed by atoms with E-state index in [0.29, 0.717) is 30.2 Å². The molecule has 2 fully saturated rings. The third-order valence-corrected chi connectivity index (χ3v) is 4.47. The predicted molar refractivity (Wildman–Crippen MR) is 79.0 cm³/mol. The van der Waals surface area contributed by atoms with E-state index in [9.17, 15) is 8.78 Å². The van der Waals surface area contributed by atoms with Crippen molar-refractivity contribution in [2.45, 2.75) is 38.1 Å². The highest BCUT2D eigenvalue weighted by molar-refractivity contribution is 5.37. The second kappa shape index (κ2) is 6.40. The Morgan fingerprint density at radius 3 is 2.88 bits per heavy atom. The standard InChI is InChI=1S/C15H17F2N5O2/c16-15(17)24-11-5-3-10(4-6-11)22-14(18-19-20-22)9-21-8-13-12(21)2-1-7-23-13/h3-6,12-13,15H,1-2,7-9H2. The third-order valence-electron chi connectivity index (χ3n) is 4.47. The minimum atomic E-state index is -2.84. The molecule has 2 unspecified atom stereocenters. The number of hydrogen-bond acceptors (Lipinski definition) is 6. The van der Waals surface area contributed by atoms with Gasteiger partial charge in [0.15, 0.2) is 5.82 Å². The van der Waals surface area contributed by atoms with Gasteiger partial charge in [-0.05, 0) is 47.5 Å². The van der Waals surface area contributed by atoms with Crippen LogP contribution in [0, 0.1) is 0 Å². The topological polar surface area (TPSA) is 65.3 Å². The van der Waals surface area contributed by atoms with Gasteiger partial charge in [0.2, 0.25) is 0 Å². The van der Waals surface area contributed by atoms with Crippen molar-refractivity contribution in [3.63, 3.8) is 0 Å². The maximum absolute atomic E-state index is 12.2. The summed E-state index contributed by atoms with van der Waals surface area (Å²) in [6.07, 6.45) is 2.54. The van der Waals surface area contributed by atoms with Gasteiger partial charge in [-0.15, -0.1) is 5.10 Å². The lowest BCUT2D eigenvalue weighted by atomic mass is 9.92. The van der Waals surface area contributed by atoms with Crippen LogP contribution in [-0.2, 0) is 11.3 Å². The number of alkyl halides is 2. The highest BCUT2D eigenvalue weighted by atomic mass is 19.3. The Morgan fingerprint density at radius 2 is 2.12 bits per heavy atom. The van der Waals surface area contributed by atoms with Gasteiger partial charge < -0.3 is 9.47 Å². The summed E-state index contributed by atoms with van der Waals surface area (Å²) < 4.78 is 36.1. The molecule has 2 atom stereocenters. The molecule has 2 aliphatic heterocycles. The van der Waals surface area contributed by atoms with Crippen molar-refractivity contribution in [2.24, 2.45) is 0 Å². The molecule has 1 aromatic heterocycles. The summed E-state index contributed by atoms with van der Waals surface area (Å²) in [5, 5.41) is 11.8. The minimum Gasteiger partial charge on any atom is -0.435 e. The van der Waals surface area contributed by atoms with Gasteiger partial charge in [-0.1, -0.05) is 0 Å². The van der Waals surface area contributed by atoms with Crippen molar-refractivity contribution in [2.75, 3.05) is 13.2 Å². The minimum absolute atomic E-state index is 0.105. The number of hydrogen-bond donors (Lipinski definition) is 0. The zero-order valence-corrected chi connectivity index (χ0v) is 12.9. The van der Waals surface area contributed by atoms with Gasteiger partial charge in [-0.25, -0.2) is 0 Å². The lowest BCUT2D eigenvalue weighted by Gasteiger charge is -2.49. The lowest BCUT2D eigenvalue weighted by Crippen LogP contribution is -2.62. The molecular formula is C15H17F2N5O2. The van der Waals surface area contributed by atoms with E-state index in [-0.39, 0.29) is 5.75 Å². The summed E-state index contributed by atoms with van der Waals surface area (Å²) in [6.45, 7) is -0.470. The first-order valence-electron chi connectivity index (χ1n) is 7.89. The summed E-state index contributed by atoms with van der Waals surface area (Å²) in [4.78, 5) is 2.31. The second-order valence-electron chi connectivity index (χ2n) is 5.93. The van der Waals surface area contributed by atoms with Crippen LogP contribution < -0.4 is 4.74 Å². The smallest absolute Gasteiger partial charge is 0.387 e. The first kappa shape index (κ1) is 15.4. The van der Waals surface area contributed by atoms with E-state index in [2.05, 4.69) is 25.2 Å². The molecule has 9 heteroatoms. The van der Waals surface area contributed by atoms with Crippen molar-refractivity contribution in [3.05, 3.63) is 30.1 Å². The average Bonchev–Trinajstić information content (AvgIpc) is 3.01. The van der Waals surface area contributed by atoms with Crippen LogP contribution in [0.5, 0.6) is 5.75 Å². The fraction of sp³-hybridized carbons (Fsp3) is 0.533. The molecule has 0 aliphatic carbocycles. The predicted octanol–water partition coefficient (Wildman–Crippen LogP) is 1.63. The largest absolute Gasteiger partial charge is 0.435 e. The Morgan fingerprint density at radius 1 is 1.29 bits per heavy atom. The zero-order chi connectivity index (χ0) is 16.5. The molecule has 0 saturated carbocycles. The van der Waals surface area contributed by atoms with Crippen LogP contribution in [-0.4, -0.2) is 57.0 Å². The monoisotopic (exact) mass is 337 g/mol. The maximum Gasteiger partial charge on any atom is 0.387 e. The molecule has 4 rings (SSSR count). The molecule has 2 aliphatic rings. The molecule has 24 heavy (non-hydrogen) atoms. The van der Waals surface area contributed by atoms with Crippen LogP contribution in [0.1, 0.15) is 18.7 Å². The van der Waals surface area contributed by atoms with Crippen LogP contribution in [0.15, 0.2) is 24.3 Å². The summed E-state index contributed by atoms with van der Waals surface area (Å²) in [5.41, 5.74) is 0.702. The number of rotatable bonds is 5. The van der Waals surface area contributed by atoms with Crippen molar-refractivity contribution in [1.82, 2.24) is 25.1 Å². The quantitative estimate of drug-likeness (QED) is 0.826.